The van der Waals surface area contributed by atoms with Crippen LogP contribution >= 0.6 is 11.3 Å². The van der Waals surface area contributed by atoms with Gasteiger partial charge in [0.1, 0.15) is 17.4 Å². The van der Waals surface area contributed by atoms with Gasteiger partial charge >= 0.3 is 0 Å². The van der Waals surface area contributed by atoms with Crippen LogP contribution in [-0.2, 0) is 6.61 Å². The summed E-state index contributed by atoms with van der Waals surface area (Å²) < 4.78 is 6.08. The molecule has 130 valence electrons. The summed E-state index contributed by atoms with van der Waals surface area (Å²) in [5, 5.41) is 6.47. The number of thiazole rings is 1. The minimum Gasteiger partial charge on any atom is -0.488 e. The molecule has 0 aliphatic rings. The Morgan fingerprint density at radius 3 is 2.44 bits per heavy atom. The molecule has 1 atom stereocenters. The van der Waals surface area contributed by atoms with Gasteiger partial charge in [-0.25, -0.2) is 4.98 Å². The molecule has 3 aromatic rings. The number of nitrogens with one attached hydrogen (secondary N) is 1. The van der Waals surface area contributed by atoms with Crippen LogP contribution in [0.2, 0.25) is 0 Å². The third-order valence-corrected chi connectivity index (χ3v) is 5.33. The molecule has 1 unspecified atom stereocenters. The minimum atomic E-state index is 0.273. The van der Waals surface area contributed by atoms with Crippen LogP contribution in [0.4, 0.5) is 0 Å². The standard InChI is InChI=1S/C21H24N2OS/c1-14-10-18(19-13-25-21(23-19)16(3)22-4)11-15(2)20(14)24-12-17-8-6-5-7-9-17/h5-11,13,16,22H,12H2,1-4H3. The lowest BCUT2D eigenvalue weighted by atomic mass is 10.0. The van der Waals surface area contributed by atoms with E-state index in [9.17, 15) is 0 Å². The summed E-state index contributed by atoms with van der Waals surface area (Å²) in [4.78, 5) is 4.77. The summed E-state index contributed by atoms with van der Waals surface area (Å²) in [5.41, 5.74) is 5.63. The second-order valence-electron chi connectivity index (χ2n) is 6.29. The summed E-state index contributed by atoms with van der Waals surface area (Å²) in [5.74, 6) is 0.964. The van der Waals surface area contributed by atoms with Gasteiger partial charge in [0.25, 0.3) is 0 Å². The first-order valence-corrected chi connectivity index (χ1v) is 9.37. The third kappa shape index (κ3) is 4.09. The quantitative estimate of drug-likeness (QED) is 0.655. The zero-order valence-electron chi connectivity index (χ0n) is 15.2. The van der Waals surface area contributed by atoms with Crippen LogP contribution < -0.4 is 10.1 Å². The van der Waals surface area contributed by atoms with Gasteiger partial charge in [0.15, 0.2) is 0 Å². The first-order valence-electron chi connectivity index (χ1n) is 8.49. The van der Waals surface area contributed by atoms with E-state index >= 15 is 0 Å². The molecule has 0 fully saturated rings. The molecule has 25 heavy (non-hydrogen) atoms. The van der Waals surface area contributed by atoms with Gasteiger partial charge in [0.05, 0.1) is 11.7 Å². The van der Waals surface area contributed by atoms with Crippen molar-refractivity contribution in [2.45, 2.75) is 33.4 Å². The molecule has 3 rings (SSSR count). The SMILES string of the molecule is CNC(C)c1nc(-c2cc(C)c(OCc3ccccc3)c(C)c2)cs1. The van der Waals surface area contributed by atoms with Crippen molar-refractivity contribution in [3.8, 4) is 17.0 Å². The molecule has 0 aliphatic heterocycles. The Morgan fingerprint density at radius 2 is 1.80 bits per heavy atom. The van der Waals surface area contributed by atoms with Crippen LogP contribution in [0.1, 0.15) is 34.7 Å². The molecule has 1 N–H and O–H groups in total. The van der Waals surface area contributed by atoms with E-state index < -0.39 is 0 Å². The second kappa shape index (κ2) is 7.81. The summed E-state index contributed by atoms with van der Waals surface area (Å²) in [6.07, 6.45) is 0. The van der Waals surface area contributed by atoms with E-state index in [-0.39, 0.29) is 6.04 Å². The molecule has 0 saturated carbocycles. The monoisotopic (exact) mass is 352 g/mol. The Hall–Kier alpha value is -2.17. The Morgan fingerprint density at radius 1 is 1.12 bits per heavy atom. The fraction of sp³-hybridized carbons (Fsp3) is 0.286. The number of ether oxygens (including phenoxy) is 1. The van der Waals surface area contributed by atoms with Crippen molar-refractivity contribution in [2.75, 3.05) is 7.05 Å². The number of hydrogen-bond acceptors (Lipinski definition) is 4. The molecule has 3 nitrogen and oxygen atoms in total. The minimum absolute atomic E-state index is 0.273. The van der Waals surface area contributed by atoms with Gasteiger partial charge < -0.3 is 10.1 Å². The Bertz CT molecular complexity index is 819. The average molecular weight is 353 g/mol. The van der Waals surface area contributed by atoms with Crippen LogP contribution in [0.3, 0.4) is 0 Å². The van der Waals surface area contributed by atoms with E-state index in [1.807, 2.05) is 25.2 Å². The van der Waals surface area contributed by atoms with Gasteiger partial charge in [0.2, 0.25) is 0 Å². The van der Waals surface area contributed by atoms with E-state index in [0.29, 0.717) is 6.61 Å². The molecule has 0 radical (unpaired) electrons. The topological polar surface area (TPSA) is 34.2 Å². The van der Waals surface area contributed by atoms with Crippen molar-refractivity contribution >= 4 is 11.3 Å². The highest BCUT2D eigenvalue weighted by Gasteiger charge is 2.13. The maximum Gasteiger partial charge on any atom is 0.125 e. The normalized spacial score (nSPS) is 12.2. The van der Waals surface area contributed by atoms with Crippen molar-refractivity contribution in [3.05, 3.63) is 69.5 Å². The van der Waals surface area contributed by atoms with Crippen LogP contribution in [-0.4, -0.2) is 12.0 Å². The van der Waals surface area contributed by atoms with E-state index in [2.05, 4.69) is 55.7 Å². The molecule has 2 aromatic carbocycles. The predicted molar refractivity (Wildman–Crippen MR) is 105 cm³/mol. The van der Waals surface area contributed by atoms with Crippen molar-refractivity contribution in [2.24, 2.45) is 0 Å². The summed E-state index contributed by atoms with van der Waals surface area (Å²) in [6, 6.07) is 14.9. The van der Waals surface area contributed by atoms with Gasteiger partial charge in [-0.15, -0.1) is 11.3 Å². The summed E-state index contributed by atoms with van der Waals surface area (Å²) >= 11 is 1.70. The van der Waals surface area contributed by atoms with Crippen molar-refractivity contribution in [1.29, 1.82) is 0 Å². The fourth-order valence-electron chi connectivity index (χ4n) is 2.80. The van der Waals surface area contributed by atoms with Crippen LogP contribution in [0.15, 0.2) is 47.8 Å². The van der Waals surface area contributed by atoms with Gasteiger partial charge in [0, 0.05) is 10.9 Å². The molecule has 1 heterocycles. The highest BCUT2D eigenvalue weighted by Crippen LogP contribution is 2.32. The van der Waals surface area contributed by atoms with Gasteiger partial charge in [-0.1, -0.05) is 30.3 Å². The van der Waals surface area contributed by atoms with Crippen LogP contribution in [0.25, 0.3) is 11.3 Å². The van der Waals surface area contributed by atoms with Crippen LogP contribution in [0.5, 0.6) is 5.75 Å². The van der Waals surface area contributed by atoms with Crippen LogP contribution in [0, 0.1) is 13.8 Å². The summed E-state index contributed by atoms with van der Waals surface area (Å²) in [7, 11) is 1.96. The van der Waals surface area contributed by atoms with Gasteiger partial charge in [-0.3, -0.25) is 0 Å². The molecule has 0 bridgehead atoms. The highest BCUT2D eigenvalue weighted by atomic mass is 32.1. The number of nitrogens with zero attached hydrogens (tertiary/aromatic N) is 1. The van der Waals surface area contributed by atoms with E-state index in [4.69, 9.17) is 9.72 Å². The molecular weight excluding hydrogens is 328 g/mol. The zero-order chi connectivity index (χ0) is 17.8. The lowest BCUT2D eigenvalue weighted by molar-refractivity contribution is 0.302. The fourth-order valence-corrected chi connectivity index (χ4v) is 3.69. The van der Waals surface area contributed by atoms with E-state index in [1.165, 1.54) is 5.56 Å². The Kier molecular flexibility index (Phi) is 5.51. The average Bonchev–Trinajstić information content (AvgIpc) is 3.11. The maximum atomic E-state index is 6.08. The summed E-state index contributed by atoms with van der Waals surface area (Å²) in [6.45, 7) is 6.91. The van der Waals surface area contributed by atoms with Crippen molar-refractivity contribution < 1.29 is 4.74 Å². The van der Waals surface area contributed by atoms with Gasteiger partial charge in [-0.2, -0.15) is 0 Å². The molecule has 0 spiro atoms. The lowest BCUT2D eigenvalue weighted by Crippen LogP contribution is -2.11. The smallest absolute Gasteiger partial charge is 0.125 e. The molecule has 0 saturated heterocycles. The first kappa shape index (κ1) is 17.6. The molecule has 0 aliphatic carbocycles. The van der Waals surface area contributed by atoms with E-state index in [0.717, 1.165) is 33.1 Å². The largest absolute Gasteiger partial charge is 0.488 e. The highest BCUT2D eigenvalue weighted by molar-refractivity contribution is 7.10. The Balaban J connectivity index is 1.81. The Labute approximate surface area is 153 Å². The number of rotatable bonds is 6. The van der Waals surface area contributed by atoms with Crippen molar-refractivity contribution in [3.63, 3.8) is 0 Å². The number of aromatic nitrogens is 1. The maximum absolute atomic E-state index is 6.08. The molecule has 0 amide bonds. The van der Waals surface area contributed by atoms with E-state index in [1.54, 1.807) is 11.3 Å². The number of aryl methyl sites for hydroxylation is 2. The number of benzene rings is 2. The number of hydrogen-bond donors (Lipinski definition) is 1. The first-order chi connectivity index (χ1) is 12.1. The molecular formula is C21H24N2OS. The molecule has 1 aromatic heterocycles. The van der Waals surface area contributed by atoms with Gasteiger partial charge in [-0.05, 0) is 56.6 Å². The third-order valence-electron chi connectivity index (χ3n) is 4.31. The molecule has 4 heteroatoms. The van der Waals surface area contributed by atoms with Crippen molar-refractivity contribution in [1.82, 2.24) is 10.3 Å². The predicted octanol–water partition coefficient (Wildman–Crippen LogP) is 5.29. The zero-order valence-corrected chi connectivity index (χ0v) is 16.0. The second-order valence-corrected chi connectivity index (χ2v) is 7.18. The lowest BCUT2D eigenvalue weighted by Gasteiger charge is -2.14.